The van der Waals surface area contributed by atoms with Crippen LogP contribution >= 0.6 is 0 Å². The lowest BCUT2D eigenvalue weighted by Gasteiger charge is -2.25. The van der Waals surface area contributed by atoms with Gasteiger partial charge in [-0.15, -0.1) is 0 Å². The molecular formula is C10H24N2O. The Balaban J connectivity index is 3.50. The molecule has 80 valence electrons. The molecule has 0 aromatic rings. The summed E-state index contributed by atoms with van der Waals surface area (Å²) in [6, 6.07) is 0. The molecule has 1 atom stereocenters. The van der Waals surface area contributed by atoms with E-state index in [0.29, 0.717) is 18.5 Å². The van der Waals surface area contributed by atoms with Crippen molar-refractivity contribution in [3.05, 3.63) is 0 Å². The van der Waals surface area contributed by atoms with Crippen LogP contribution in [0.3, 0.4) is 0 Å². The Morgan fingerprint density at radius 3 is 2.54 bits per heavy atom. The van der Waals surface area contributed by atoms with Crippen LogP contribution in [-0.2, 0) is 0 Å². The predicted molar refractivity (Wildman–Crippen MR) is 56.6 cm³/mol. The summed E-state index contributed by atoms with van der Waals surface area (Å²) in [5.41, 5.74) is 5.61. The van der Waals surface area contributed by atoms with E-state index in [0.717, 1.165) is 6.54 Å². The summed E-state index contributed by atoms with van der Waals surface area (Å²) in [6.45, 7) is 8.54. The van der Waals surface area contributed by atoms with Gasteiger partial charge in [-0.2, -0.15) is 0 Å². The first-order valence-electron chi connectivity index (χ1n) is 5.10. The van der Waals surface area contributed by atoms with Crippen molar-refractivity contribution in [3.63, 3.8) is 0 Å². The monoisotopic (exact) mass is 188 g/mol. The van der Waals surface area contributed by atoms with E-state index < -0.39 is 6.10 Å². The predicted octanol–water partition coefficient (Wildman–Crippen LogP) is 0.722. The van der Waals surface area contributed by atoms with Crippen LogP contribution in [0.5, 0.6) is 0 Å². The molecule has 0 bridgehead atoms. The van der Waals surface area contributed by atoms with Crippen LogP contribution < -0.4 is 11.1 Å². The molecule has 0 heterocycles. The summed E-state index contributed by atoms with van der Waals surface area (Å²) in [7, 11) is 0. The highest BCUT2D eigenvalue weighted by molar-refractivity contribution is 4.72. The zero-order valence-electron chi connectivity index (χ0n) is 9.14. The third-order valence-electron chi connectivity index (χ3n) is 2.18. The van der Waals surface area contributed by atoms with E-state index in [1.54, 1.807) is 0 Å². The van der Waals surface area contributed by atoms with E-state index in [2.05, 4.69) is 26.1 Å². The fraction of sp³-hybridized carbons (Fsp3) is 1.00. The van der Waals surface area contributed by atoms with Crippen LogP contribution in [0.15, 0.2) is 0 Å². The molecule has 0 fully saturated rings. The Hall–Kier alpha value is -0.120. The maximum absolute atomic E-state index is 9.20. The molecule has 0 aromatic heterocycles. The summed E-state index contributed by atoms with van der Waals surface area (Å²) in [5.74, 6) is 0. The molecule has 0 aliphatic heterocycles. The molecule has 0 amide bonds. The van der Waals surface area contributed by atoms with Gasteiger partial charge >= 0.3 is 0 Å². The minimum atomic E-state index is -0.405. The lowest BCUT2D eigenvalue weighted by Crippen LogP contribution is -2.37. The fourth-order valence-corrected chi connectivity index (χ4v) is 1.43. The van der Waals surface area contributed by atoms with Crippen LogP contribution in [0.4, 0.5) is 0 Å². The summed E-state index contributed by atoms with van der Waals surface area (Å²) in [4.78, 5) is 0. The van der Waals surface area contributed by atoms with Gasteiger partial charge in [-0.25, -0.2) is 0 Å². The number of hydrogen-bond acceptors (Lipinski definition) is 3. The lowest BCUT2D eigenvalue weighted by molar-refractivity contribution is 0.172. The fourth-order valence-electron chi connectivity index (χ4n) is 1.43. The van der Waals surface area contributed by atoms with Gasteiger partial charge in [0.1, 0.15) is 0 Å². The molecular weight excluding hydrogens is 164 g/mol. The minimum Gasteiger partial charge on any atom is -0.390 e. The van der Waals surface area contributed by atoms with E-state index in [4.69, 9.17) is 5.73 Å². The Labute approximate surface area is 81.7 Å². The highest BCUT2D eigenvalue weighted by atomic mass is 16.3. The Bertz CT molecular complexity index is 126. The average Bonchev–Trinajstić information content (AvgIpc) is 2.03. The van der Waals surface area contributed by atoms with Crippen molar-refractivity contribution >= 4 is 0 Å². The molecule has 3 heteroatoms. The topological polar surface area (TPSA) is 58.3 Å². The van der Waals surface area contributed by atoms with Gasteiger partial charge in [0, 0.05) is 19.6 Å². The summed E-state index contributed by atoms with van der Waals surface area (Å²) >= 11 is 0. The van der Waals surface area contributed by atoms with Gasteiger partial charge in [0.15, 0.2) is 0 Å². The Morgan fingerprint density at radius 1 is 1.46 bits per heavy atom. The molecule has 1 unspecified atom stereocenters. The van der Waals surface area contributed by atoms with Crippen LogP contribution in [0, 0.1) is 5.41 Å². The number of nitrogens with two attached hydrogens (primary N) is 1. The van der Waals surface area contributed by atoms with Gasteiger partial charge in [0.05, 0.1) is 6.10 Å². The first kappa shape index (κ1) is 12.9. The van der Waals surface area contributed by atoms with Crippen LogP contribution in [0.2, 0.25) is 0 Å². The summed E-state index contributed by atoms with van der Waals surface area (Å²) in [6.07, 6.45) is 2.00. The molecule has 0 aromatic carbocycles. The molecule has 0 aliphatic carbocycles. The molecule has 13 heavy (non-hydrogen) atoms. The third kappa shape index (κ3) is 6.99. The van der Waals surface area contributed by atoms with Crippen molar-refractivity contribution in [3.8, 4) is 0 Å². The second kappa shape index (κ2) is 6.35. The average molecular weight is 188 g/mol. The van der Waals surface area contributed by atoms with E-state index in [9.17, 15) is 5.11 Å². The normalized spacial score (nSPS) is 14.5. The zero-order chi connectivity index (χ0) is 10.3. The number of hydrogen-bond donors (Lipinski definition) is 3. The van der Waals surface area contributed by atoms with Crippen molar-refractivity contribution in [2.24, 2.45) is 11.1 Å². The number of aliphatic hydroxyl groups is 1. The molecule has 0 spiro atoms. The highest BCUT2D eigenvalue weighted by Crippen LogP contribution is 2.20. The van der Waals surface area contributed by atoms with Gasteiger partial charge in [-0.1, -0.05) is 27.2 Å². The second-order valence-electron chi connectivity index (χ2n) is 4.43. The molecule has 3 nitrogen and oxygen atoms in total. The maximum Gasteiger partial charge on any atom is 0.0786 e. The molecule has 0 rings (SSSR count). The van der Waals surface area contributed by atoms with Crippen LogP contribution in [-0.4, -0.2) is 30.8 Å². The van der Waals surface area contributed by atoms with Crippen LogP contribution in [0.25, 0.3) is 0 Å². The first-order valence-corrected chi connectivity index (χ1v) is 5.10. The van der Waals surface area contributed by atoms with Crippen molar-refractivity contribution in [2.75, 3.05) is 19.6 Å². The molecule has 0 radical (unpaired) electrons. The minimum absolute atomic E-state index is 0.322. The smallest absolute Gasteiger partial charge is 0.0786 e. The third-order valence-corrected chi connectivity index (χ3v) is 2.18. The lowest BCUT2D eigenvalue weighted by atomic mass is 9.88. The van der Waals surface area contributed by atoms with Crippen molar-refractivity contribution in [1.82, 2.24) is 5.32 Å². The quantitative estimate of drug-likeness (QED) is 0.552. The molecule has 0 saturated heterocycles. The van der Waals surface area contributed by atoms with Gasteiger partial charge in [0.25, 0.3) is 0 Å². The number of aliphatic hydroxyl groups excluding tert-OH is 1. The molecule has 4 N–H and O–H groups in total. The zero-order valence-corrected chi connectivity index (χ0v) is 9.14. The summed E-state index contributed by atoms with van der Waals surface area (Å²) in [5, 5.41) is 12.4. The Kier molecular flexibility index (Phi) is 6.29. The van der Waals surface area contributed by atoms with Gasteiger partial charge < -0.3 is 16.2 Å². The van der Waals surface area contributed by atoms with E-state index >= 15 is 0 Å². The largest absolute Gasteiger partial charge is 0.390 e. The van der Waals surface area contributed by atoms with Gasteiger partial charge in [-0.05, 0) is 11.8 Å². The van der Waals surface area contributed by atoms with Crippen molar-refractivity contribution in [2.45, 2.75) is 39.7 Å². The van der Waals surface area contributed by atoms with Crippen LogP contribution in [0.1, 0.15) is 33.6 Å². The second-order valence-corrected chi connectivity index (χ2v) is 4.43. The van der Waals surface area contributed by atoms with Gasteiger partial charge in [-0.3, -0.25) is 0 Å². The highest BCUT2D eigenvalue weighted by Gasteiger charge is 2.15. The summed E-state index contributed by atoms with van der Waals surface area (Å²) < 4.78 is 0. The SMILES string of the molecule is CCCC(C)(C)CNCC(O)CN. The molecule has 0 saturated carbocycles. The van der Waals surface area contributed by atoms with E-state index in [1.807, 2.05) is 0 Å². The van der Waals surface area contributed by atoms with Crippen molar-refractivity contribution < 1.29 is 5.11 Å². The number of nitrogens with one attached hydrogen (secondary N) is 1. The van der Waals surface area contributed by atoms with Crippen molar-refractivity contribution in [1.29, 1.82) is 0 Å². The first-order chi connectivity index (χ1) is 6.02. The van der Waals surface area contributed by atoms with E-state index in [1.165, 1.54) is 12.8 Å². The molecule has 0 aliphatic rings. The van der Waals surface area contributed by atoms with Gasteiger partial charge in [0.2, 0.25) is 0 Å². The van der Waals surface area contributed by atoms with E-state index in [-0.39, 0.29) is 0 Å². The maximum atomic E-state index is 9.20. The number of rotatable bonds is 7. The Morgan fingerprint density at radius 2 is 2.08 bits per heavy atom. The standard InChI is InChI=1S/C10H24N2O/c1-4-5-10(2,3)8-12-7-9(13)6-11/h9,12-13H,4-8,11H2,1-3H3.